The largest absolute Gasteiger partial charge is 0.397 e. The van der Waals surface area contributed by atoms with Gasteiger partial charge in [0.2, 0.25) is 0 Å². The van der Waals surface area contributed by atoms with Crippen LogP contribution in [0.1, 0.15) is 0 Å². The quantitative estimate of drug-likeness (QED) is 0.693. The number of imidazole rings is 1. The van der Waals surface area contributed by atoms with Crippen LogP contribution in [0.2, 0.25) is 0 Å². The topological polar surface area (TPSA) is 67.6 Å². The zero-order valence-electron chi connectivity index (χ0n) is 9.11. The van der Waals surface area contributed by atoms with Crippen LogP contribution < -0.4 is 5.73 Å². The van der Waals surface area contributed by atoms with E-state index in [4.69, 9.17) is 5.73 Å². The predicted molar refractivity (Wildman–Crippen MR) is 63.7 cm³/mol. The summed E-state index contributed by atoms with van der Waals surface area (Å²) in [5.74, 6) is -1.51. The average Bonchev–Trinajstić information content (AvgIpc) is 2.79. The second-order valence-electron chi connectivity index (χ2n) is 3.81. The normalized spacial score (nSPS) is 11.0. The van der Waals surface area contributed by atoms with E-state index >= 15 is 0 Å². The van der Waals surface area contributed by atoms with Crippen LogP contribution in [0.4, 0.5) is 14.5 Å². The van der Waals surface area contributed by atoms with Gasteiger partial charge in [-0.15, -0.1) is 0 Å². The molecule has 3 aromatic rings. The first kappa shape index (κ1) is 10.6. The van der Waals surface area contributed by atoms with E-state index in [9.17, 15) is 8.78 Å². The summed E-state index contributed by atoms with van der Waals surface area (Å²) in [4.78, 5) is 10.8. The molecule has 90 valence electrons. The molecule has 0 fully saturated rings. The number of fused-ring (bicyclic) bond motifs is 1. The number of pyridine rings is 1. The van der Waals surface area contributed by atoms with Gasteiger partial charge in [0.05, 0.1) is 17.4 Å². The maximum atomic E-state index is 13.5. The standard InChI is InChI=1S/C12H8F2N4/c13-7-1-2-9-11(10(7)14)18-12(17-9)6-3-4-16-5-8(6)15/h1-5H,15H2,(H,17,18). The monoisotopic (exact) mass is 246 g/mol. The lowest BCUT2D eigenvalue weighted by molar-refractivity contribution is 0.515. The summed E-state index contributed by atoms with van der Waals surface area (Å²) in [5, 5.41) is 0. The molecule has 3 rings (SSSR count). The third-order valence-corrected chi connectivity index (χ3v) is 2.65. The van der Waals surface area contributed by atoms with Gasteiger partial charge in [-0.3, -0.25) is 4.98 Å². The van der Waals surface area contributed by atoms with E-state index in [1.54, 1.807) is 12.3 Å². The maximum Gasteiger partial charge on any atom is 0.186 e. The van der Waals surface area contributed by atoms with Crippen molar-refractivity contribution < 1.29 is 8.78 Å². The lowest BCUT2D eigenvalue weighted by atomic mass is 10.2. The number of nitrogens with one attached hydrogen (secondary N) is 1. The minimum absolute atomic E-state index is 0.0405. The minimum Gasteiger partial charge on any atom is -0.397 e. The van der Waals surface area contributed by atoms with E-state index in [0.29, 0.717) is 22.6 Å². The molecule has 0 spiro atoms. The van der Waals surface area contributed by atoms with Gasteiger partial charge >= 0.3 is 0 Å². The zero-order chi connectivity index (χ0) is 12.7. The Morgan fingerprint density at radius 2 is 2.00 bits per heavy atom. The van der Waals surface area contributed by atoms with Gasteiger partial charge in [-0.25, -0.2) is 13.8 Å². The Morgan fingerprint density at radius 3 is 2.78 bits per heavy atom. The van der Waals surface area contributed by atoms with Gasteiger partial charge < -0.3 is 10.7 Å². The number of aromatic nitrogens is 3. The molecule has 18 heavy (non-hydrogen) atoms. The van der Waals surface area contributed by atoms with E-state index in [0.717, 1.165) is 6.07 Å². The molecule has 2 aromatic heterocycles. The van der Waals surface area contributed by atoms with Crippen molar-refractivity contribution in [2.45, 2.75) is 0 Å². The van der Waals surface area contributed by atoms with Gasteiger partial charge in [-0.05, 0) is 18.2 Å². The molecule has 0 saturated heterocycles. The molecular weight excluding hydrogens is 238 g/mol. The highest BCUT2D eigenvalue weighted by Crippen LogP contribution is 2.26. The molecule has 0 aliphatic carbocycles. The lowest BCUT2D eigenvalue weighted by Crippen LogP contribution is -1.91. The fraction of sp³-hybridized carbons (Fsp3) is 0. The van der Waals surface area contributed by atoms with Crippen LogP contribution in [-0.2, 0) is 0 Å². The SMILES string of the molecule is Nc1cnccc1-c1nc2c(F)c(F)ccc2[nH]1. The molecule has 4 nitrogen and oxygen atoms in total. The first-order valence-corrected chi connectivity index (χ1v) is 5.20. The third kappa shape index (κ3) is 1.50. The summed E-state index contributed by atoms with van der Waals surface area (Å²) in [7, 11) is 0. The van der Waals surface area contributed by atoms with Crippen LogP contribution in [0.25, 0.3) is 22.4 Å². The second kappa shape index (κ2) is 3.76. The number of hydrogen-bond donors (Lipinski definition) is 2. The molecule has 3 N–H and O–H groups in total. The molecule has 6 heteroatoms. The number of rotatable bonds is 1. The number of nitrogen functional groups attached to an aromatic ring is 1. The number of nitrogens with zero attached hydrogens (tertiary/aromatic N) is 2. The highest BCUT2D eigenvalue weighted by Gasteiger charge is 2.13. The van der Waals surface area contributed by atoms with Crippen LogP contribution >= 0.6 is 0 Å². The Bertz CT molecular complexity index is 736. The number of nitrogens with two attached hydrogens (primary N) is 1. The Balaban J connectivity index is 2.26. The lowest BCUT2D eigenvalue weighted by Gasteiger charge is -1.99. The maximum absolute atomic E-state index is 13.5. The molecule has 2 heterocycles. The van der Waals surface area contributed by atoms with Crippen molar-refractivity contribution in [3.63, 3.8) is 0 Å². The van der Waals surface area contributed by atoms with Crippen LogP contribution in [0.5, 0.6) is 0 Å². The molecule has 0 bridgehead atoms. The van der Waals surface area contributed by atoms with Crippen molar-refractivity contribution in [1.82, 2.24) is 15.0 Å². The Kier molecular flexibility index (Phi) is 2.22. The Hall–Kier alpha value is -2.50. The summed E-state index contributed by atoms with van der Waals surface area (Å²) in [5.41, 5.74) is 7.14. The average molecular weight is 246 g/mol. The first-order chi connectivity index (χ1) is 8.66. The van der Waals surface area contributed by atoms with Crippen LogP contribution in [0.15, 0.2) is 30.6 Å². The van der Waals surface area contributed by atoms with Crippen molar-refractivity contribution >= 4 is 16.7 Å². The van der Waals surface area contributed by atoms with Gasteiger partial charge in [0.25, 0.3) is 0 Å². The van der Waals surface area contributed by atoms with Gasteiger partial charge in [0.1, 0.15) is 11.3 Å². The van der Waals surface area contributed by atoms with E-state index < -0.39 is 11.6 Å². The van der Waals surface area contributed by atoms with Crippen molar-refractivity contribution in [3.05, 3.63) is 42.2 Å². The summed E-state index contributed by atoms with van der Waals surface area (Å²) < 4.78 is 26.6. The van der Waals surface area contributed by atoms with Crippen LogP contribution in [0, 0.1) is 11.6 Å². The molecule has 0 radical (unpaired) electrons. The number of anilines is 1. The molecule has 0 saturated carbocycles. The van der Waals surface area contributed by atoms with Gasteiger partial charge in [-0.2, -0.15) is 0 Å². The smallest absolute Gasteiger partial charge is 0.186 e. The van der Waals surface area contributed by atoms with E-state index in [1.165, 1.54) is 12.3 Å². The van der Waals surface area contributed by atoms with Crippen molar-refractivity contribution in [2.24, 2.45) is 0 Å². The van der Waals surface area contributed by atoms with Crippen molar-refractivity contribution in [2.75, 3.05) is 5.73 Å². The molecule has 0 atom stereocenters. The van der Waals surface area contributed by atoms with Crippen LogP contribution in [-0.4, -0.2) is 15.0 Å². The second-order valence-corrected chi connectivity index (χ2v) is 3.81. The minimum atomic E-state index is -0.970. The molecule has 0 aliphatic rings. The fourth-order valence-electron chi connectivity index (χ4n) is 1.77. The Labute approximate surface area is 100 Å². The Morgan fingerprint density at radius 1 is 1.17 bits per heavy atom. The van der Waals surface area contributed by atoms with E-state index in [1.807, 2.05) is 0 Å². The molecule has 0 amide bonds. The number of aromatic amines is 1. The summed E-state index contributed by atoms with van der Waals surface area (Å²) in [6, 6.07) is 4.14. The highest BCUT2D eigenvalue weighted by molar-refractivity contribution is 5.82. The zero-order valence-corrected chi connectivity index (χ0v) is 9.11. The predicted octanol–water partition coefficient (Wildman–Crippen LogP) is 2.49. The molecular formula is C12H8F2N4. The van der Waals surface area contributed by atoms with Gasteiger partial charge in [0.15, 0.2) is 11.6 Å². The van der Waals surface area contributed by atoms with E-state index in [-0.39, 0.29) is 5.52 Å². The first-order valence-electron chi connectivity index (χ1n) is 5.20. The number of halogens is 2. The van der Waals surface area contributed by atoms with Gasteiger partial charge in [0, 0.05) is 11.8 Å². The van der Waals surface area contributed by atoms with Gasteiger partial charge in [-0.1, -0.05) is 0 Å². The highest BCUT2D eigenvalue weighted by atomic mass is 19.2. The van der Waals surface area contributed by atoms with E-state index in [2.05, 4.69) is 15.0 Å². The van der Waals surface area contributed by atoms with Crippen LogP contribution in [0.3, 0.4) is 0 Å². The summed E-state index contributed by atoms with van der Waals surface area (Å²) in [6.45, 7) is 0. The molecule has 1 aromatic carbocycles. The number of H-pyrrole nitrogens is 1. The van der Waals surface area contributed by atoms with Crippen molar-refractivity contribution in [1.29, 1.82) is 0 Å². The fourth-order valence-corrected chi connectivity index (χ4v) is 1.77. The third-order valence-electron chi connectivity index (χ3n) is 2.65. The number of benzene rings is 1. The molecule has 0 aliphatic heterocycles. The molecule has 0 unspecified atom stereocenters. The number of hydrogen-bond acceptors (Lipinski definition) is 3. The summed E-state index contributed by atoms with van der Waals surface area (Å²) >= 11 is 0. The summed E-state index contributed by atoms with van der Waals surface area (Å²) in [6.07, 6.45) is 3.02. The van der Waals surface area contributed by atoms with Crippen molar-refractivity contribution in [3.8, 4) is 11.4 Å².